The van der Waals surface area contributed by atoms with Crippen LogP contribution in [0, 0.1) is 6.92 Å². The minimum absolute atomic E-state index is 0.134. The summed E-state index contributed by atoms with van der Waals surface area (Å²) in [4.78, 5) is 0. The third kappa shape index (κ3) is 3.94. The molecule has 0 heterocycles. The SMILES string of the molecule is Cc1cccc(CC(Cl)c2ccccc2OC(F)F)c1. The van der Waals surface area contributed by atoms with Crippen molar-refractivity contribution in [2.45, 2.75) is 25.3 Å². The van der Waals surface area contributed by atoms with Gasteiger partial charge < -0.3 is 4.74 Å². The summed E-state index contributed by atoms with van der Waals surface area (Å²) in [6.07, 6.45) is 0.562. The van der Waals surface area contributed by atoms with E-state index in [4.69, 9.17) is 11.6 Å². The number of halogens is 3. The minimum atomic E-state index is -2.85. The van der Waals surface area contributed by atoms with Crippen molar-refractivity contribution in [3.8, 4) is 5.75 Å². The number of para-hydroxylation sites is 1. The highest BCUT2D eigenvalue weighted by Gasteiger charge is 2.16. The van der Waals surface area contributed by atoms with Crippen molar-refractivity contribution >= 4 is 11.6 Å². The number of hydrogen-bond acceptors (Lipinski definition) is 1. The Morgan fingerprint density at radius 2 is 1.85 bits per heavy atom. The molecule has 0 aromatic heterocycles. The van der Waals surface area contributed by atoms with Crippen LogP contribution in [-0.2, 0) is 6.42 Å². The molecule has 0 saturated heterocycles. The fraction of sp³-hybridized carbons (Fsp3) is 0.250. The van der Waals surface area contributed by atoms with Crippen molar-refractivity contribution < 1.29 is 13.5 Å². The first-order valence-corrected chi connectivity index (χ1v) is 6.73. The highest BCUT2D eigenvalue weighted by molar-refractivity contribution is 6.21. The molecular weight excluding hydrogens is 282 g/mol. The van der Waals surface area contributed by atoms with Gasteiger partial charge in [0, 0.05) is 5.56 Å². The summed E-state index contributed by atoms with van der Waals surface area (Å²) in [7, 11) is 0. The summed E-state index contributed by atoms with van der Waals surface area (Å²) >= 11 is 6.36. The number of benzene rings is 2. The molecule has 1 unspecified atom stereocenters. The van der Waals surface area contributed by atoms with Crippen molar-refractivity contribution in [3.63, 3.8) is 0 Å². The van der Waals surface area contributed by atoms with Gasteiger partial charge in [-0.1, -0.05) is 48.0 Å². The predicted octanol–water partition coefficient (Wildman–Crippen LogP) is 5.12. The van der Waals surface area contributed by atoms with Crippen LogP contribution in [0.5, 0.6) is 5.75 Å². The fourth-order valence-electron chi connectivity index (χ4n) is 2.10. The summed E-state index contributed by atoms with van der Waals surface area (Å²) in [6, 6.07) is 14.6. The second-order valence-electron chi connectivity index (χ2n) is 4.58. The molecule has 2 aromatic rings. The molecule has 2 aromatic carbocycles. The van der Waals surface area contributed by atoms with Gasteiger partial charge in [0.05, 0.1) is 5.38 Å². The van der Waals surface area contributed by atoms with E-state index in [1.807, 2.05) is 31.2 Å². The van der Waals surface area contributed by atoms with Crippen LogP contribution in [0.3, 0.4) is 0 Å². The molecule has 0 aliphatic carbocycles. The van der Waals surface area contributed by atoms with Crippen LogP contribution in [0.1, 0.15) is 22.1 Å². The van der Waals surface area contributed by atoms with Gasteiger partial charge >= 0.3 is 6.61 Å². The first-order valence-electron chi connectivity index (χ1n) is 6.29. The van der Waals surface area contributed by atoms with E-state index in [2.05, 4.69) is 4.74 Å². The number of ether oxygens (including phenoxy) is 1. The van der Waals surface area contributed by atoms with Crippen molar-refractivity contribution in [3.05, 3.63) is 65.2 Å². The minimum Gasteiger partial charge on any atom is -0.434 e. The molecule has 4 heteroatoms. The third-order valence-electron chi connectivity index (χ3n) is 2.97. The summed E-state index contributed by atoms with van der Waals surface area (Å²) in [5.74, 6) is 0.134. The summed E-state index contributed by atoms with van der Waals surface area (Å²) in [5.41, 5.74) is 2.79. The average Bonchev–Trinajstić information content (AvgIpc) is 2.38. The topological polar surface area (TPSA) is 9.23 Å². The van der Waals surface area contributed by atoms with Crippen LogP contribution in [0.25, 0.3) is 0 Å². The summed E-state index contributed by atoms with van der Waals surface area (Å²) in [6.45, 7) is -0.848. The molecule has 2 rings (SSSR count). The Labute approximate surface area is 122 Å². The van der Waals surface area contributed by atoms with Crippen LogP contribution in [-0.4, -0.2) is 6.61 Å². The molecule has 0 aliphatic rings. The first-order chi connectivity index (χ1) is 9.56. The molecule has 0 aliphatic heterocycles. The molecule has 0 radical (unpaired) electrons. The molecule has 0 saturated carbocycles. The molecule has 106 valence electrons. The standard InChI is InChI=1S/C16H15ClF2O/c1-11-5-4-6-12(9-11)10-14(17)13-7-2-3-8-15(13)20-16(18)19/h2-9,14,16H,10H2,1H3. The summed E-state index contributed by atoms with van der Waals surface area (Å²) < 4.78 is 29.3. The van der Waals surface area contributed by atoms with E-state index in [9.17, 15) is 8.78 Å². The molecule has 1 nitrogen and oxygen atoms in total. The van der Waals surface area contributed by atoms with Gasteiger partial charge in [0.15, 0.2) is 0 Å². The van der Waals surface area contributed by atoms with E-state index in [1.54, 1.807) is 18.2 Å². The lowest BCUT2D eigenvalue weighted by atomic mass is 10.0. The van der Waals surface area contributed by atoms with Gasteiger partial charge in [-0.25, -0.2) is 0 Å². The Morgan fingerprint density at radius 1 is 1.10 bits per heavy atom. The van der Waals surface area contributed by atoms with Gasteiger partial charge in [0.1, 0.15) is 5.75 Å². The molecule has 0 N–H and O–H groups in total. The van der Waals surface area contributed by atoms with Crippen molar-refractivity contribution in [1.82, 2.24) is 0 Å². The Morgan fingerprint density at radius 3 is 2.55 bits per heavy atom. The van der Waals surface area contributed by atoms with E-state index < -0.39 is 12.0 Å². The Hall–Kier alpha value is -1.61. The maximum atomic E-state index is 12.4. The van der Waals surface area contributed by atoms with Crippen LogP contribution in [0.15, 0.2) is 48.5 Å². The highest BCUT2D eigenvalue weighted by Crippen LogP contribution is 2.33. The van der Waals surface area contributed by atoms with Gasteiger partial charge in [-0.2, -0.15) is 8.78 Å². The van der Waals surface area contributed by atoms with Crippen LogP contribution in [0.2, 0.25) is 0 Å². The van der Waals surface area contributed by atoms with Crippen molar-refractivity contribution in [1.29, 1.82) is 0 Å². The monoisotopic (exact) mass is 296 g/mol. The normalized spacial score (nSPS) is 12.4. The second kappa shape index (κ2) is 6.71. The highest BCUT2D eigenvalue weighted by atomic mass is 35.5. The summed E-state index contributed by atoms with van der Waals surface area (Å²) in [5, 5.41) is -0.410. The Balaban J connectivity index is 2.18. The fourth-order valence-corrected chi connectivity index (χ4v) is 2.46. The van der Waals surface area contributed by atoms with E-state index in [0.717, 1.165) is 11.1 Å². The number of rotatable bonds is 5. The van der Waals surface area contributed by atoms with Crippen LogP contribution in [0.4, 0.5) is 8.78 Å². The van der Waals surface area contributed by atoms with Gasteiger partial charge in [-0.15, -0.1) is 11.6 Å². The second-order valence-corrected chi connectivity index (χ2v) is 5.10. The van der Waals surface area contributed by atoms with Gasteiger partial charge in [0.25, 0.3) is 0 Å². The first kappa shape index (κ1) is 14.8. The largest absolute Gasteiger partial charge is 0.434 e. The van der Waals surface area contributed by atoms with E-state index in [-0.39, 0.29) is 5.75 Å². The zero-order chi connectivity index (χ0) is 14.5. The lowest BCUT2D eigenvalue weighted by Crippen LogP contribution is -2.06. The van der Waals surface area contributed by atoms with Crippen molar-refractivity contribution in [2.75, 3.05) is 0 Å². The molecule has 0 fully saturated rings. The number of aryl methyl sites for hydroxylation is 1. The average molecular weight is 297 g/mol. The molecule has 0 spiro atoms. The van der Waals surface area contributed by atoms with E-state index in [0.29, 0.717) is 12.0 Å². The van der Waals surface area contributed by atoms with E-state index >= 15 is 0 Å². The Bertz CT molecular complexity index is 572. The molecule has 0 bridgehead atoms. The third-order valence-corrected chi connectivity index (χ3v) is 3.36. The van der Waals surface area contributed by atoms with Crippen LogP contribution >= 0.6 is 11.6 Å². The van der Waals surface area contributed by atoms with E-state index in [1.165, 1.54) is 6.07 Å². The van der Waals surface area contributed by atoms with Gasteiger partial charge in [-0.05, 0) is 25.0 Å². The smallest absolute Gasteiger partial charge is 0.387 e. The van der Waals surface area contributed by atoms with Gasteiger partial charge in [0.2, 0.25) is 0 Å². The Kier molecular flexibility index (Phi) is 4.96. The number of hydrogen-bond donors (Lipinski definition) is 0. The lowest BCUT2D eigenvalue weighted by Gasteiger charge is -2.15. The lowest BCUT2D eigenvalue weighted by molar-refractivity contribution is -0.0504. The number of alkyl halides is 3. The molecule has 1 atom stereocenters. The zero-order valence-corrected chi connectivity index (χ0v) is 11.8. The molecule has 0 amide bonds. The zero-order valence-electron chi connectivity index (χ0n) is 11.0. The molecule has 20 heavy (non-hydrogen) atoms. The van der Waals surface area contributed by atoms with Crippen molar-refractivity contribution in [2.24, 2.45) is 0 Å². The maximum Gasteiger partial charge on any atom is 0.387 e. The molecular formula is C16H15ClF2O. The maximum absolute atomic E-state index is 12.4. The van der Waals surface area contributed by atoms with Gasteiger partial charge in [-0.3, -0.25) is 0 Å². The van der Waals surface area contributed by atoms with Crippen LogP contribution < -0.4 is 4.74 Å². The quantitative estimate of drug-likeness (QED) is 0.696. The predicted molar refractivity (Wildman–Crippen MR) is 76.6 cm³/mol.